The van der Waals surface area contributed by atoms with Crippen molar-refractivity contribution in [3.63, 3.8) is 0 Å². The zero-order valence-corrected chi connectivity index (χ0v) is 13.2. The van der Waals surface area contributed by atoms with E-state index in [-0.39, 0.29) is 0 Å². The standard InChI is InChI=1S/C19H31N/c1-13-10-18-7-4-14(13)9-17(18)19-6-2-3-15(11-20-12-19)16(19)5-8-18/h13-17,20H,2-12H2,1H3/t13-,14-,15-,16+,17+,18+,19-/m0/s1. The SMILES string of the molecule is C[C@H]1C[C@]23CC[C@H]1C[C@H]2[C@@]12CCC[C@@H](CNC1)[C@H]2CC3. The fourth-order valence-corrected chi connectivity index (χ4v) is 8.16. The molecule has 6 aliphatic rings. The third-order valence-corrected chi connectivity index (χ3v) is 8.86. The van der Waals surface area contributed by atoms with Crippen molar-refractivity contribution in [1.82, 2.24) is 5.32 Å². The first-order valence-corrected chi connectivity index (χ1v) is 9.44. The third kappa shape index (κ3) is 1.39. The molecule has 1 N–H and O–H groups in total. The molecule has 0 aromatic carbocycles. The number of rotatable bonds is 0. The highest BCUT2D eigenvalue weighted by Crippen LogP contribution is 2.71. The maximum absolute atomic E-state index is 3.88. The van der Waals surface area contributed by atoms with Crippen molar-refractivity contribution in [2.75, 3.05) is 13.1 Å². The van der Waals surface area contributed by atoms with E-state index in [1.165, 1.54) is 25.9 Å². The molecule has 5 aliphatic carbocycles. The molecule has 1 aliphatic heterocycles. The highest BCUT2D eigenvalue weighted by Gasteiger charge is 2.64. The van der Waals surface area contributed by atoms with Gasteiger partial charge in [0, 0.05) is 6.54 Å². The first-order valence-electron chi connectivity index (χ1n) is 9.44. The molecule has 6 rings (SSSR count). The van der Waals surface area contributed by atoms with E-state index >= 15 is 0 Å². The fourth-order valence-electron chi connectivity index (χ4n) is 8.16. The summed E-state index contributed by atoms with van der Waals surface area (Å²) in [6.07, 6.45) is 14.1. The molecule has 0 radical (unpaired) electrons. The smallest absolute Gasteiger partial charge is 0.00136 e. The Morgan fingerprint density at radius 1 is 1.00 bits per heavy atom. The zero-order chi connectivity index (χ0) is 13.4. The minimum Gasteiger partial charge on any atom is -0.316 e. The summed E-state index contributed by atoms with van der Waals surface area (Å²) in [6.45, 7) is 5.28. The average molecular weight is 273 g/mol. The second-order valence-electron chi connectivity index (χ2n) is 9.29. The largest absolute Gasteiger partial charge is 0.316 e. The van der Waals surface area contributed by atoms with E-state index < -0.39 is 0 Å². The van der Waals surface area contributed by atoms with Crippen LogP contribution in [0.1, 0.15) is 64.7 Å². The van der Waals surface area contributed by atoms with Gasteiger partial charge in [-0.1, -0.05) is 13.3 Å². The zero-order valence-electron chi connectivity index (χ0n) is 13.2. The Balaban J connectivity index is 1.57. The van der Waals surface area contributed by atoms with Crippen LogP contribution in [0.15, 0.2) is 0 Å². The van der Waals surface area contributed by atoms with E-state index in [0.29, 0.717) is 0 Å². The van der Waals surface area contributed by atoms with Crippen molar-refractivity contribution in [2.24, 2.45) is 40.4 Å². The van der Waals surface area contributed by atoms with Crippen molar-refractivity contribution < 1.29 is 0 Å². The maximum Gasteiger partial charge on any atom is 0.00136 e. The van der Waals surface area contributed by atoms with Crippen LogP contribution in [0, 0.1) is 40.4 Å². The Morgan fingerprint density at radius 2 is 1.90 bits per heavy atom. The quantitative estimate of drug-likeness (QED) is 0.696. The second kappa shape index (κ2) is 4.03. The second-order valence-corrected chi connectivity index (χ2v) is 9.29. The van der Waals surface area contributed by atoms with E-state index in [2.05, 4.69) is 12.2 Å². The minimum absolute atomic E-state index is 0.734. The van der Waals surface area contributed by atoms with Gasteiger partial charge in [-0.15, -0.1) is 0 Å². The lowest BCUT2D eigenvalue weighted by atomic mass is 9.37. The average Bonchev–Trinajstić information content (AvgIpc) is 2.45. The van der Waals surface area contributed by atoms with Crippen LogP contribution in [0.4, 0.5) is 0 Å². The summed E-state index contributed by atoms with van der Waals surface area (Å²) >= 11 is 0. The van der Waals surface area contributed by atoms with Gasteiger partial charge in [0.05, 0.1) is 0 Å². The molecule has 7 atom stereocenters. The summed E-state index contributed by atoms with van der Waals surface area (Å²) in [5, 5.41) is 3.88. The summed E-state index contributed by atoms with van der Waals surface area (Å²) in [7, 11) is 0. The highest BCUT2D eigenvalue weighted by molar-refractivity contribution is 5.14. The van der Waals surface area contributed by atoms with Crippen LogP contribution < -0.4 is 5.32 Å². The van der Waals surface area contributed by atoms with Gasteiger partial charge in [0.25, 0.3) is 0 Å². The van der Waals surface area contributed by atoms with Crippen LogP contribution in [0.25, 0.3) is 0 Å². The van der Waals surface area contributed by atoms with Crippen LogP contribution >= 0.6 is 0 Å². The van der Waals surface area contributed by atoms with E-state index in [4.69, 9.17) is 0 Å². The van der Waals surface area contributed by atoms with Crippen LogP contribution in [0.3, 0.4) is 0 Å². The Bertz CT molecular complexity index is 406. The molecule has 1 nitrogen and oxygen atoms in total. The normalized spacial score (nSPS) is 60.8. The Kier molecular flexibility index (Phi) is 2.52. The predicted octanol–water partition coefficient (Wildman–Crippen LogP) is 4.23. The molecule has 112 valence electrons. The van der Waals surface area contributed by atoms with Crippen LogP contribution in [0.5, 0.6) is 0 Å². The summed E-state index contributed by atoms with van der Waals surface area (Å²) < 4.78 is 0. The van der Waals surface area contributed by atoms with Gasteiger partial charge in [-0.2, -0.15) is 0 Å². The van der Waals surface area contributed by atoms with Crippen molar-refractivity contribution in [3.8, 4) is 0 Å². The molecule has 20 heavy (non-hydrogen) atoms. The highest BCUT2D eigenvalue weighted by atomic mass is 14.9. The fraction of sp³-hybridized carbons (Fsp3) is 1.00. The first-order chi connectivity index (χ1) is 9.74. The van der Waals surface area contributed by atoms with Gasteiger partial charge in [-0.3, -0.25) is 0 Å². The monoisotopic (exact) mass is 273 g/mol. The van der Waals surface area contributed by atoms with Gasteiger partial charge in [-0.05, 0) is 98.3 Å². The lowest BCUT2D eigenvalue weighted by Gasteiger charge is -2.69. The van der Waals surface area contributed by atoms with Gasteiger partial charge in [0.15, 0.2) is 0 Å². The van der Waals surface area contributed by atoms with Gasteiger partial charge < -0.3 is 5.32 Å². The summed E-state index contributed by atoms with van der Waals surface area (Å²) in [6, 6.07) is 0. The lowest BCUT2D eigenvalue weighted by molar-refractivity contribution is -0.192. The number of hydrogen-bond acceptors (Lipinski definition) is 1. The lowest BCUT2D eigenvalue weighted by Crippen LogP contribution is -2.66. The molecule has 0 unspecified atom stereocenters. The molecule has 0 aromatic rings. The van der Waals surface area contributed by atoms with E-state index in [1.54, 1.807) is 44.9 Å². The van der Waals surface area contributed by atoms with Gasteiger partial charge in [0.1, 0.15) is 0 Å². The molecule has 0 amide bonds. The number of fused-ring (bicyclic) bond motifs is 2. The van der Waals surface area contributed by atoms with Crippen LogP contribution in [0.2, 0.25) is 0 Å². The number of hydrogen-bond donors (Lipinski definition) is 1. The molecule has 6 fully saturated rings. The van der Waals surface area contributed by atoms with E-state index in [0.717, 1.165) is 40.4 Å². The topological polar surface area (TPSA) is 12.0 Å². The molecule has 1 heterocycles. The first kappa shape index (κ1) is 12.5. The van der Waals surface area contributed by atoms with Crippen LogP contribution in [-0.4, -0.2) is 13.1 Å². The Morgan fingerprint density at radius 3 is 2.80 bits per heavy atom. The molecule has 5 saturated carbocycles. The number of nitrogens with one attached hydrogen (secondary N) is 1. The van der Waals surface area contributed by atoms with Crippen LogP contribution in [-0.2, 0) is 0 Å². The molecular formula is C19H31N. The molecule has 1 saturated heterocycles. The Hall–Kier alpha value is -0.0400. The molecule has 1 spiro atoms. The van der Waals surface area contributed by atoms with E-state index in [1.807, 2.05) is 0 Å². The van der Waals surface area contributed by atoms with Gasteiger partial charge >= 0.3 is 0 Å². The third-order valence-electron chi connectivity index (χ3n) is 8.86. The van der Waals surface area contributed by atoms with E-state index in [9.17, 15) is 0 Å². The van der Waals surface area contributed by atoms with Gasteiger partial charge in [-0.25, -0.2) is 0 Å². The molecular weight excluding hydrogens is 242 g/mol. The van der Waals surface area contributed by atoms with Crippen molar-refractivity contribution >= 4 is 0 Å². The summed E-state index contributed by atoms with van der Waals surface area (Å²) in [5.74, 6) is 5.34. The summed E-state index contributed by atoms with van der Waals surface area (Å²) in [4.78, 5) is 0. The summed E-state index contributed by atoms with van der Waals surface area (Å²) in [5.41, 5.74) is 1.52. The van der Waals surface area contributed by atoms with Crippen molar-refractivity contribution in [1.29, 1.82) is 0 Å². The minimum atomic E-state index is 0.734. The number of piperidine rings is 1. The molecule has 4 bridgehead atoms. The Labute approximate surface area is 124 Å². The maximum atomic E-state index is 3.88. The van der Waals surface area contributed by atoms with Gasteiger partial charge in [0.2, 0.25) is 0 Å². The molecule has 1 heteroatoms. The van der Waals surface area contributed by atoms with Crippen molar-refractivity contribution in [2.45, 2.75) is 64.7 Å². The predicted molar refractivity (Wildman–Crippen MR) is 82.4 cm³/mol. The molecule has 0 aromatic heterocycles. The van der Waals surface area contributed by atoms with Crippen molar-refractivity contribution in [3.05, 3.63) is 0 Å².